The molecule has 11 aromatic rings. The van der Waals surface area contributed by atoms with E-state index in [0.717, 1.165) is 44.6 Å². The highest BCUT2D eigenvalue weighted by Crippen LogP contribution is 2.48. The minimum absolute atomic E-state index is 0.869. The lowest BCUT2D eigenvalue weighted by Crippen LogP contribution is -2.12. The second-order valence-electron chi connectivity index (χ2n) is 13.7. The SMILES string of the molecule is c1cc(-c2ccc3c(c2)sc2ccccc23)cc(N(c2ccccc2-c2cc3ccccc3c3ccccc23)c2cccc3oc4ccccc4c23)c1. The van der Waals surface area contributed by atoms with E-state index in [0.29, 0.717) is 0 Å². The minimum atomic E-state index is 0.869. The van der Waals surface area contributed by atoms with E-state index in [4.69, 9.17) is 4.42 Å². The fourth-order valence-corrected chi connectivity index (χ4v) is 9.40. The van der Waals surface area contributed by atoms with Crippen LogP contribution in [0.4, 0.5) is 17.1 Å². The summed E-state index contributed by atoms with van der Waals surface area (Å²) in [6.07, 6.45) is 0. The van der Waals surface area contributed by atoms with Gasteiger partial charge in [0.1, 0.15) is 11.2 Å². The van der Waals surface area contributed by atoms with Crippen LogP contribution in [0.25, 0.3) is 85.9 Å². The summed E-state index contributed by atoms with van der Waals surface area (Å²) in [7, 11) is 0. The Morgan fingerprint density at radius 1 is 0.377 bits per heavy atom. The van der Waals surface area contributed by atoms with Crippen molar-refractivity contribution in [1.29, 1.82) is 0 Å². The number of rotatable bonds is 5. The zero-order chi connectivity index (χ0) is 34.9. The molecule has 2 heterocycles. The lowest BCUT2D eigenvalue weighted by molar-refractivity contribution is 0.669. The Morgan fingerprint density at radius 3 is 1.96 bits per heavy atom. The molecule has 3 heteroatoms. The third-order valence-electron chi connectivity index (χ3n) is 10.6. The highest BCUT2D eigenvalue weighted by Gasteiger charge is 2.23. The molecule has 0 fully saturated rings. The lowest BCUT2D eigenvalue weighted by atomic mass is 9.92. The number of fused-ring (bicyclic) bond motifs is 9. The molecule has 2 nitrogen and oxygen atoms in total. The van der Waals surface area contributed by atoms with Crippen LogP contribution in [0.2, 0.25) is 0 Å². The number of furan rings is 1. The first-order valence-electron chi connectivity index (χ1n) is 18.0. The van der Waals surface area contributed by atoms with E-state index in [9.17, 15) is 0 Å². The summed E-state index contributed by atoms with van der Waals surface area (Å²) in [5.41, 5.74) is 9.74. The molecule has 0 aliphatic carbocycles. The van der Waals surface area contributed by atoms with Crippen LogP contribution in [-0.4, -0.2) is 0 Å². The van der Waals surface area contributed by atoms with Crippen LogP contribution in [-0.2, 0) is 0 Å². The van der Waals surface area contributed by atoms with Crippen LogP contribution in [0.3, 0.4) is 0 Å². The summed E-state index contributed by atoms with van der Waals surface area (Å²) >= 11 is 1.86. The Morgan fingerprint density at radius 2 is 1.04 bits per heavy atom. The molecule has 0 spiro atoms. The Labute approximate surface area is 310 Å². The molecule has 0 bridgehead atoms. The van der Waals surface area contributed by atoms with Crippen molar-refractivity contribution >= 4 is 92.1 Å². The van der Waals surface area contributed by atoms with Crippen molar-refractivity contribution < 1.29 is 4.42 Å². The van der Waals surface area contributed by atoms with Gasteiger partial charge in [0.25, 0.3) is 0 Å². The van der Waals surface area contributed by atoms with Crippen molar-refractivity contribution in [2.45, 2.75) is 0 Å². The lowest BCUT2D eigenvalue weighted by Gasteiger charge is -2.29. The average molecular weight is 694 g/mol. The van der Waals surface area contributed by atoms with Crippen molar-refractivity contribution in [2.75, 3.05) is 4.90 Å². The van der Waals surface area contributed by atoms with Gasteiger partial charge in [-0.05, 0) is 92.8 Å². The molecular weight excluding hydrogens is 663 g/mol. The maximum Gasteiger partial charge on any atom is 0.137 e. The number of hydrogen-bond acceptors (Lipinski definition) is 3. The number of thiophene rings is 1. The predicted molar refractivity (Wildman–Crippen MR) is 227 cm³/mol. The van der Waals surface area contributed by atoms with Gasteiger partial charge in [0.2, 0.25) is 0 Å². The van der Waals surface area contributed by atoms with E-state index in [-0.39, 0.29) is 0 Å². The predicted octanol–water partition coefficient (Wildman–Crippen LogP) is 15.1. The standard InChI is InChI=1S/C50H31NOS/c1-2-16-36-34(13-1)30-43(38-18-4-3-17-37(36)38)39-19-5-8-22-44(39)51(45-23-12-25-47-50(45)42-21-6-9-24-46(42)52-47)35-15-11-14-32(29-35)33-27-28-41-40-20-7-10-26-48(40)53-49(41)31-33/h1-31H. The molecule has 248 valence electrons. The van der Waals surface area contributed by atoms with Crippen molar-refractivity contribution in [3.63, 3.8) is 0 Å². The van der Waals surface area contributed by atoms with E-state index in [1.165, 1.54) is 58.4 Å². The third-order valence-corrected chi connectivity index (χ3v) is 11.8. The number of para-hydroxylation sites is 2. The quantitative estimate of drug-likeness (QED) is 0.167. The first-order valence-corrected chi connectivity index (χ1v) is 18.8. The van der Waals surface area contributed by atoms with Crippen LogP contribution < -0.4 is 4.90 Å². The Bertz CT molecular complexity index is 3200. The molecule has 0 amide bonds. The zero-order valence-corrected chi connectivity index (χ0v) is 29.5. The Balaban J connectivity index is 1.18. The fourth-order valence-electron chi connectivity index (χ4n) is 8.25. The molecule has 0 saturated heterocycles. The highest BCUT2D eigenvalue weighted by atomic mass is 32.1. The Kier molecular flexibility index (Phi) is 6.76. The van der Waals surface area contributed by atoms with E-state index < -0.39 is 0 Å². The number of nitrogens with zero attached hydrogens (tertiary/aromatic N) is 1. The summed E-state index contributed by atoms with van der Waals surface area (Å²) in [4.78, 5) is 2.44. The topological polar surface area (TPSA) is 16.4 Å². The fraction of sp³-hybridized carbons (Fsp3) is 0. The van der Waals surface area contributed by atoms with Crippen LogP contribution in [0.15, 0.2) is 192 Å². The normalized spacial score (nSPS) is 11.8. The molecular formula is C50H31NOS. The highest BCUT2D eigenvalue weighted by molar-refractivity contribution is 7.25. The van der Waals surface area contributed by atoms with E-state index in [2.05, 4.69) is 187 Å². The molecule has 0 aliphatic rings. The van der Waals surface area contributed by atoms with Gasteiger partial charge < -0.3 is 9.32 Å². The monoisotopic (exact) mass is 693 g/mol. The first-order chi connectivity index (χ1) is 26.3. The molecule has 0 atom stereocenters. The summed E-state index contributed by atoms with van der Waals surface area (Å²) in [6, 6.07) is 68.1. The molecule has 11 rings (SSSR count). The first kappa shape index (κ1) is 30.0. The van der Waals surface area contributed by atoms with Gasteiger partial charge in [-0.3, -0.25) is 0 Å². The van der Waals surface area contributed by atoms with Crippen molar-refractivity contribution in [2.24, 2.45) is 0 Å². The number of hydrogen-bond donors (Lipinski definition) is 0. The van der Waals surface area contributed by atoms with E-state index in [1.54, 1.807) is 0 Å². The van der Waals surface area contributed by atoms with Crippen LogP contribution >= 0.6 is 11.3 Å². The van der Waals surface area contributed by atoms with Crippen molar-refractivity contribution in [1.82, 2.24) is 0 Å². The Hall–Kier alpha value is -6.68. The second kappa shape index (κ2) is 11.9. The van der Waals surface area contributed by atoms with Gasteiger partial charge in [-0.15, -0.1) is 11.3 Å². The molecule has 0 unspecified atom stereocenters. The van der Waals surface area contributed by atoms with Crippen LogP contribution in [0.1, 0.15) is 0 Å². The number of benzene rings is 9. The van der Waals surface area contributed by atoms with Crippen molar-refractivity contribution in [3.8, 4) is 22.3 Å². The van der Waals surface area contributed by atoms with Gasteiger partial charge >= 0.3 is 0 Å². The number of anilines is 3. The van der Waals surface area contributed by atoms with E-state index in [1.807, 2.05) is 17.4 Å². The maximum absolute atomic E-state index is 6.47. The van der Waals surface area contributed by atoms with Gasteiger partial charge in [0.05, 0.1) is 16.8 Å². The van der Waals surface area contributed by atoms with Gasteiger partial charge in [0.15, 0.2) is 0 Å². The van der Waals surface area contributed by atoms with Crippen molar-refractivity contribution in [3.05, 3.63) is 188 Å². The molecule has 0 radical (unpaired) electrons. The largest absolute Gasteiger partial charge is 0.456 e. The molecule has 2 aromatic heterocycles. The zero-order valence-electron chi connectivity index (χ0n) is 28.7. The van der Waals surface area contributed by atoms with E-state index >= 15 is 0 Å². The molecule has 53 heavy (non-hydrogen) atoms. The summed E-state index contributed by atoms with van der Waals surface area (Å²) in [6.45, 7) is 0. The minimum Gasteiger partial charge on any atom is -0.456 e. The molecule has 9 aromatic carbocycles. The maximum atomic E-state index is 6.47. The smallest absolute Gasteiger partial charge is 0.137 e. The summed E-state index contributed by atoms with van der Waals surface area (Å²) in [5.74, 6) is 0. The van der Waals surface area contributed by atoms with Gasteiger partial charge in [-0.1, -0.05) is 133 Å². The summed E-state index contributed by atoms with van der Waals surface area (Å²) in [5, 5.41) is 9.79. The molecule has 0 N–H and O–H groups in total. The average Bonchev–Trinajstić information content (AvgIpc) is 3.80. The second-order valence-corrected chi connectivity index (χ2v) is 14.7. The summed E-state index contributed by atoms with van der Waals surface area (Å²) < 4.78 is 9.09. The van der Waals surface area contributed by atoms with Crippen LogP contribution in [0.5, 0.6) is 0 Å². The molecule has 0 aliphatic heterocycles. The molecule has 0 saturated carbocycles. The van der Waals surface area contributed by atoms with Gasteiger partial charge in [-0.25, -0.2) is 0 Å². The van der Waals surface area contributed by atoms with Gasteiger partial charge in [-0.2, -0.15) is 0 Å². The van der Waals surface area contributed by atoms with Crippen LogP contribution in [0, 0.1) is 0 Å². The third kappa shape index (κ3) is 4.78. The van der Waals surface area contributed by atoms with Gasteiger partial charge in [0, 0.05) is 36.8 Å².